The van der Waals surface area contributed by atoms with Crippen LogP contribution >= 0.6 is 0 Å². The second kappa shape index (κ2) is 14.6. The maximum Gasteiger partial charge on any atom is 0.295 e. The Hall–Kier alpha value is -5.11. The van der Waals surface area contributed by atoms with Gasteiger partial charge in [0.15, 0.2) is 11.5 Å². The van der Waals surface area contributed by atoms with Crippen LogP contribution in [0.15, 0.2) is 96.8 Å². The zero-order chi connectivity index (χ0) is 31.8. The number of ketones is 1. The van der Waals surface area contributed by atoms with E-state index in [2.05, 4.69) is 18.0 Å². The molecule has 1 aromatic heterocycles. The molecular weight excluding hydrogens is 568 g/mol. The van der Waals surface area contributed by atoms with Crippen LogP contribution in [0.1, 0.15) is 60.0 Å². The van der Waals surface area contributed by atoms with E-state index < -0.39 is 17.7 Å². The second-order valence-corrected chi connectivity index (χ2v) is 11.1. The van der Waals surface area contributed by atoms with Crippen molar-refractivity contribution in [2.75, 3.05) is 13.7 Å². The Morgan fingerprint density at radius 3 is 2.38 bits per heavy atom. The Bertz CT molecular complexity index is 1670. The fourth-order valence-corrected chi connectivity index (χ4v) is 5.42. The van der Waals surface area contributed by atoms with Gasteiger partial charge in [0.1, 0.15) is 18.1 Å². The summed E-state index contributed by atoms with van der Waals surface area (Å²) in [7, 11) is 1.55. The molecule has 1 N–H and O–H groups in total. The number of aliphatic hydroxyl groups excluding tert-OH is 1. The molecule has 4 aromatic rings. The number of hydrogen-bond donors (Lipinski definition) is 1. The molecule has 1 fully saturated rings. The fraction of sp³-hybridized carbons (Fsp3) is 0.270. The fourth-order valence-electron chi connectivity index (χ4n) is 5.42. The SMILES string of the molecule is CCCCCOc1ccc(C2C(=C(O)c3ccc(OCc4cccc(C)c4)cc3)C(=O)C(=O)N2Cc2ccncc2)cc1OC. The molecule has 8 heteroatoms. The molecule has 45 heavy (non-hydrogen) atoms. The maximum absolute atomic E-state index is 13.6. The molecule has 0 bridgehead atoms. The third-order valence-corrected chi connectivity index (χ3v) is 7.77. The summed E-state index contributed by atoms with van der Waals surface area (Å²) in [5.74, 6) is -0.0551. The Morgan fingerprint density at radius 1 is 0.889 bits per heavy atom. The molecule has 0 saturated carbocycles. The van der Waals surface area contributed by atoms with Gasteiger partial charge in [-0.05, 0) is 78.6 Å². The number of amides is 1. The maximum atomic E-state index is 13.6. The molecule has 5 rings (SSSR count). The van der Waals surface area contributed by atoms with Crippen LogP contribution in [-0.2, 0) is 22.7 Å². The highest BCUT2D eigenvalue weighted by Gasteiger charge is 2.46. The van der Waals surface area contributed by atoms with E-state index in [4.69, 9.17) is 14.2 Å². The Morgan fingerprint density at radius 2 is 1.67 bits per heavy atom. The van der Waals surface area contributed by atoms with Crippen LogP contribution in [0.2, 0.25) is 0 Å². The van der Waals surface area contributed by atoms with Crippen molar-refractivity contribution in [3.8, 4) is 17.2 Å². The zero-order valence-electron chi connectivity index (χ0n) is 25.9. The molecule has 1 aliphatic rings. The third kappa shape index (κ3) is 7.34. The molecule has 0 radical (unpaired) electrons. The van der Waals surface area contributed by atoms with Gasteiger partial charge in [-0.1, -0.05) is 55.7 Å². The standard InChI is InChI=1S/C37H38N2O6/c1-4-5-6-20-44-31-15-12-29(22-32(31)43-3)34-33(36(41)37(42)39(34)23-26-16-18-38-19-17-26)35(40)28-10-13-30(14-11-28)45-24-27-9-7-8-25(2)21-27/h7-19,21-22,34,40H,4-6,20,23-24H2,1-3H3. The highest BCUT2D eigenvalue weighted by Crippen LogP contribution is 2.43. The number of carbonyl (C=O) groups excluding carboxylic acids is 2. The van der Waals surface area contributed by atoms with E-state index >= 15 is 0 Å². The van der Waals surface area contributed by atoms with Crippen LogP contribution in [0.25, 0.3) is 5.76 Å². The van der Waals surface area contributed by atoms with Gasteiger partial charge < -0.3 is 24.2 Å². The average Bonchev–Trinajstić information content (AvgIpc) is 3.31. The number of Topliss-reactive ketones (excluding diaryl/α,β-unsaturated/α-hetero) is 1. The van der Waals surface area contributed by atoms with E-state index in [1.165, 1.54) is 4.90 Å². The van der Waals surface area contributed by atoms with E-state index in [0.29, 0.717) is 41.6 Å². The first kappa shape index (κ1) is 31.3. The van der Waals surface area contributed by atoms with Gasteiger partial charge in [0.05, 0.1) is 25.3 Å². The smallest absolute Gasteiger partial charge is 0.295 e. The van der Waals surface area contributed by atoms with E-state index in [1.807, 2.05) is 31.2 Å². The largest absolute Gasteiger partial charge is 0.507 e. The molecule has 232 valence electrons. The molecule has 1 saturated heterocycles. The number of aliphatic hydroxyl groups is 1. The number of aryl methyl sites for hydroxylation is 1. The lowest BCUT2D eigenvalue weighted by Crippen LogP contribution is -2.29. The van der Waals surface area contributed by atoms with Gasteiger partial charge in [-0.15, -0.1) is 0 Å². The lowest BCUT2D eigenvalue weighted by Gasteiger charge is -2.26. The number of ether oxygens (including phenoxy) is 3. The summed E-state index contributed by atoms with van der Waals surface area (Å²) in [5, 5.41) is 11.6. The Balaban J connectivity index is 1.48. The van der Waals surface area contributed by atoms with Crippen molar-refractivity contribution in [3.05, 3.63) is 125 Å². The summed E-state index contributed by atoms with van der Waals surface area (Å²) in [4.78, 5) is 32.6. The van der Waals surface area contributed by atoms with Gasteiger partial charge in [0, 0.05) is 24.5 Å². The predicted octanol–water partition coefficient (Wildman–Crippen LogP) is 7.17. The molecule has 1 aliphatic heterocycles. The van der Waals surface area contributed by atoms with Gasteiger partial charge >= 0.3 is 0 Å². The summed E-state index contributed by atoms with van der Waals surface area (Å²) in [6.07, 6.45) is 6.33. The van der Waals surface area contributed by atoms with Crippen molar-refractivity contribution >= 4 is 17.4 Å². The molecule has 8 nitrogen and oxygen atoms in total. The number of rotatable bonds is 13. The lowest BCUT2D eigenvalue weighted by molar-refractivity contribution is -0.140. The van der Waals surface area contributed by atoms with Crippen molar-refractivity contribution in [2.24, 2.45) is 0 Å². The monoisotopic (exact) mass is 606 g/mol. The summed E-state index contributed by atoms with van der Waals surface area (Å²) < 4.78 is 17.6. The first-order valence-electron chi connectivity index (χ1n) is 15.2. The van der Waals surface area contributed by atoms with Crippen LogP contribution in [0.3, 0.4) is 0 Å². The molecule has 1 atom stereocenters. The minimum absolute atomic E-state index is 0.00107. The zero-order valence-corrected chi connectivity index (χ0v) is 25.9. The Labute approximate surface area is 263 Å². The molecule has 1 unspecified atom stereocenters. The van der Waals surface area contributed by atoms with E-state index in [0.717, 1.165) is 36.0 Å². The van der Waals surface area contributed by atoms with Gasteiger partial charge in [-0.2, -0.15) is 0 Å². The molecule has 3 aromatic carbocycles. The van der Waals surface area contributed by atoms with Gasteiger partial charge in [0.25, 0.3) is 11.7 Å². The van der Waals surface area contributed by atoms with Crippen molar-refractivity contribution in [1.29, 1.82) is 0 Å². The third-order valence-electron chi connectivity index (χ3n) is 7.77. The molecule has 0 aliphatic carbocycles. The lowest BCUT2D eigenvalue weighted by atomic mass is 9.94. The molecule has 0 spiro atoms. The van der Waals surface area contributed by atoms with E-state index in [9.17, 15) is 14.7 Å². The average molecular weight is 607 g/mol. The van der Waals surface area contributed by atoms with Crippen LogP contribution in [0.4, 0.5) is 0 Å². The minimum Gasteiger partial charge on any atom is -0.507 e. The first-order valence-corrected chi connectivity index (χ1v) is 15.2. The van der Waals surface area contributed by atoms with Crippen LogP contribution in [0.5, 0.6) is 17.2 Å². The quantitative estimate of drug-likeness (QED) is 0.0746. The minimum atomic E-state index is -0.863. The summed E-state index contributed by atoms with van der Waals surface area (Å²) in [6, 6.07) is 23.0. The number of nitrogens with zero attached hydrogens (tertiary/aromatic N) is 2. The summed E-state index contributed by atoms with van der Waals surface area (Å²) in [5.41, 5.74) is 4.01. The highest BCUT2D eigenvalue weighted by molar-refractivity contribution is 6.46. The number of aromatic nitrogens is 1. The Kier molecular flexibility index (Phi) is 10.1. The number of methoxy groups -OCH3 is 1. The van der Waals surface area contributed by atoms with Gasteiger partial charge in [-0.3, -0.25) is 14.6 Å². The number of pyridine rings is 1. The molecule has 2 heterocycles. The number of benzene rings is 3. The van der Waals surface area contributed by atoms with Crippen molar-refractivity contribution in [1.82, 2.24) is 9.88 Å². The highest BCUT2D eigenvalue weighted by atomic mass is 16.5. The normalized spacial score (nSPS) is 15.7. The number of carbonyl (C=O) groups is 2. The predicted molar refractivity (Wildman–Crippen MR) is 172 cm³/mol. The van der Waals surface area contributed by atoms with Gasteiger partial charge in [0.2, 0.25) is 0 Å². The van der Waals surface area contributed by atoms with Crippen molar-refractivity contribution in [2.45, 2.75) is 52.3 Å². The topological polar surface area (TPSA) is 98.2 Å². The first-order chi connectivity index (χ1) is 21.9. The van der Waals surface area contributed by atoms with E-state index in [1.54, 1.807) is 68.0 Å². The number of hydrogen-bond acceptors (Lipinski definition) is 7. The van der Waals surface area contributed by atoms with Crippen LogP contribution < -0.4 is 14.2 Å². The summed E-state index contributed by atoms with van der Waals surface area (Å²) >= 11 is 0. The second-order valence-electron chi connectivity index (χ2n) is 11.1. The van der Waals surface area contributed by atoms with Crippen LogP contribution in [-0.4, -0.2) is 40.4 Å². The molecular formula is C37H38N2O6. The van der Waals surface area contributed by atoms with Crippen molar-refractivity contribution < 1.29 is 28.9 Å². The van der Waals surface area contributed by atoms with Gasteiger partial charge in [-0.25, -0.2) is 0 Å². The van der Waals surface area contributed by atoms with Crippen LogP contribution in [0, 0.1) is 6.92 Å². The number of likely N-dealkylation sites (tertiary alicyclic amines) is 1. The summed E-state index contributed by atoms with van der Waals surface area (Å²) in [6.45, 7) is 5.26. The number of unbranched alkanes of at least 4 members (excludes halogenated alkanes) is 2. The van der Waals surface area contributed by atoms with Crippen molar-refractivity contribution in [3.63, 3.8) is 0 Å². The molecule has 1 amide bonds. The van der Waals surface area contributed by atoms with E-state index in [-0.39, 0.29) is 17.9 Å².